The first-order chi connectivity index (χ1) is 6.85. The van der Waals surface area contributed by atoms with Crippen LogP contribution in [0.25, 0.3) is 0 Å². The van der Waals surface area contributed by atoms with E-state index in [4.69, 9.17) is 11.5 Å². The quantitative estimate of drug-likeness (QED) is 0.790. The van der Waals surface area contributed by atoms with Gasteiger partial charge in [-0.25, -0.2) is 4.98 Å². The van der Waals surface area contributed by atoms with Crippen molar-refractivity contribution in [1.29, 1.82) is 0 Å². The van der Waals surface area contributed by atoms with Crippen LogP contribution < -0.4 is 16.2 Å². The van der Waals surface area contributed by atoms with Crippen molar-refractivity contribution < 1.29 is 17.9 Å². The third-order valence-corrected chi connectivity index (χ3v) is 1.80. The fraction of sp³-hybridized carbons (Fsp3) is 0.375. The van der Waals surface area contributed by atoms with E-state index in [9.17, 15) is 13.2 Å². The van der Waals surface area contributed by atoms with Gasteiger partial charge in [0, 0.05) is 18.4 Å². The van der Waals surface area contributed by atoms with Gasteiger partial charge in [-0.15, -0.1) is 13.2 Å². The number of alkyl halides is 3. The van der Waals surface area contributed by atoms with E-state index in [0.717, 1.165) is 0 Å². The minimum Gasteiger partial charge on any atom is -0.398 e. The van der Waals surface area contributed by atoms with Gasteiger partial charge in [0.25, 0.3) is 0 Å². The van der Waals surface area contributed by atoms with Crippen LogP contribution in [0.2, 0.25) is 0 Å². The van der Waals surface area contributed by atoms with Crippen LogP contribution in [0.3, 0.4) is 0 Å². The lowest BCUT2D eigenvalue weighted by Gasteiger charge is -2.13. The van der Waals surface area contributed by atoms with Crippen molar-refractivity contribution in [2.24, 2.45) is 5.73 Å². The predicted octanol–water partition coefficient (Wildman–Crippen LogP) is 1.33. The first kappa shape index (κ1) is 11.6. The summed E-state index contributed by atoms with van der Waals surface area (Å²) in [4.78, 5) is 3.49. The molecular formula is C8H10F3N3O. The average Bonchev–Trinajstić information content (AvgIpc) is 2.10. The van der Waals surface area contributed by atoms with Gasteiger partial charge >= 0.3 is 6.36 Å². The monoisotopic (exact) mass is 221 g/mol. The lowest BCUT2D eigenvalue weighted by molar-refractivity contribution is -0.276. The van der Waals surface area contributed by atoms with Gasteiger partial charge in [-0.3, -0.25) is 0 Å². The minimum atomic E-state index is -4.79. The highest BCUT2D eigenvalue weighted by atomic mass is 19.4. The van der Waals surface area contributed by atoms with E-state index in [1.165, 1.54) is 6.20 Å². The molecule has 0 amide bonds. The molecule has 1 aromatic heterocycles. The first-order valence-electron chi connectivity index (χ1n) is 4.05. The van der Waals surface area contributed by atoms with E-state index >= 15 is 0 Å². The zero-order chi connectivity index (χ0) is 11.6. The van der Waals surface area contributed by atoms with Crippen molar-refractivity contribution in [3.05, 3.63) is 17.3 Å². The number of aromatic nitrogens is 1. The average molecular weight is 221 g/mol. The molecule has 0 saturated carbocycles. The Labute approximate surface area is 84.0 Å². The number of halogens is 3. The van der Waals surface area contributed by atoms with E-state index in [0.29, 0.717) is 5.56 Å². The second-order valence-electron chi connectivity index (χ2n) is 2.89. The summed E-state index contributed by atoms with van der Waals surface area (Å²) in [5, 5.41) is 0. The molecule has 84 valence electrons. The number of hydrogen-bond donors (Lipinski definition) is 2. The SMILES string of the molecule is Cc1cnc(OC(F)(F)F)c(CN)c1N. The molecule has 7 heteroatoms. The lowest BCUT2D eigenvalue weighted by Crippen LogP contribution is -2.20. The number of ether oxygens (including phenoxy) is 1. The summed E-state index contributed by atoms with van der Waals surface area (Å²) in [5.41, 5.74) is 11.6. The summed E-state index contributed by atoms with van der Waals surface area (Å²) in [6.45, 7) is 1.46. The third-order valence-electron chi connectivity index (χ3n) is 1.80. The molecule has 0 aliphatic heterocycles. The number of aryl methyl sites for hydroxylation is 1. The first-order valence-corrected chi connectivity index (χ1v) is 4.05. The minimum absolute atomic E-state index is 0.0623. The van der Waals surface area contributed by atoms with E-state index in [-0.39, 0.29) is 17.8 Å². The number of hydrogen-bond acceptors (Lipinski definition) is 4. The number of nitrogen functional groups attached to an aromatic ring is 1. The molecule has 4 N–H and O–H groups in total. The van der Waals surface area contributed by atoms with Crippen LogP contribution in [0, 0.1) is 6.92 Å². The normalized spacial score (nSPS) is 11.5. The van der Waals surface area contributed by atoms with Crippen molar-refractivity contribution in [1.82, 2.24) is 4.98 Å². The van der Waals surface area contributed by atoms with Crippen LogP contribution in [0.4, 0.5) is 18.9 Å². The molecule has 1 rings (SSSR count). The fourth-order valence-corrected chi connectivity index (χ4v) is 1.05. The topological polar surface area (TPSA) is 74.2 Å². The van der Waals surface area contributed by atoms with Gasteiger partial charge in [-0.05, 0) is 12.5 Å². The Kier molecular flexibility index (Phi) is 3.04. The van der Waals surface area contributed by atoms with Crippen molar-refractivity contribution >= 4 is 5.69 Å². The molecule has 15 heavy (non-hydrogen) atoms. The summed E-state index contributed by atoms with van der Waals surface area (Å²) in [6, 6.07) is 0. The highest BCUT2D eigenvalue weighted by Crippen LogP contribution is 2.28. The van der Waals surface area contributed by atoms with Crippen molar-refractivity contribution in [2.75, 3.05) is 5.73 Å². The second-order valence-corrected chi connectivity index (χ2v) is 2.89. The van der Waals surface area contributed by atoms with Crippen molar-refractivity contribution in [3.63, 3.8) is 0 Å². The van der Waals surface area contributed by atoms with Crippen molar-refractivity contribution in [2.45, 2.75) is 19.8 Å². The molecule has 0 fully saturated rings. The molecular weight excluding hydrogens is 211 g/mol. The van der Waals surface area contributed by atoms with Gasteiger partial charge < -0.3 is 16.2 Å². The third kappa shape index (κ3) is 2.72. The summed E-state index contributed by atoms with van der Waals surface area (Å²) in [6.07, 6.45) is -3.59. The molecule has 0 bridgehead atoms. The molecule has 0 saturated heterocycles. The van der Waals surface area contributed by atoms with Crippen LogP contribution in [-0.4, -0.2) is 11.3 Å². The Morgan fingerprint density at radius 2 is 2.07 bits per heavy atom. The lowest BCUT2D eigenvalue weighted by atomic mass is 10.1. The molecule has 0 spiro atoms. The van der Waals surface area contributed by atoms with E-state index in [1.54, 1.807) is 6.92 Å². The highest BCUT2D eigenvalue weighted by Gasteiger charge is 2.33. The number of nitrogens with zero attached hydrogens (tertiary/aromatic N) is 1. The fourth-order valence-electron chi connectivity index (χ4n) is 1.05. The molecule has 0 aliphatic carbocycles. The Morgan fingerprint density at radius 1 is 1.47 bits per heavy atom. The molecule has 1 aromatic rings. The van der Waals surface area contributed by atoms with Crippen LogP contribution in [0.15, 0.2) is 6.20 Å². The number of pyridine rings is 1. The highest BCUT2D eigenvalue weighted by molar-refractivity contribution is 5.56. The van der Waals surface area contributed by atoms with Crippen LogP contribution in [0.1, 0.15) is 11.1 Å². The standard InChI is InChI=1S/C8H10F3N3O/c1-4-3-14-7(15-8(9,10)11)5(2-12)6(4)13/h3H,2,12H2,1H3,(H2,13,14). The zero-order valence-corrected chi connectivity index (χ0v) is 7.93. The number of rotatable bonds is 2. The maximum atomic E-state index is 11.9. The smallest absolute Gasteiger partial charge is 0.398 e. The Morgan fingerprint density at radius 3 is 2.53 bits per heavy atom. The summed E-state index contributed by atoms with van der Waals surface area (Å²) < 4.78 is 39.5. The van der Waals surface area contributed by atoms with E-state index in [1.807, 2.05) is 0 Å². The van der Waals surface area contributed by atoms with Crippen LogP contribution >= 0.6 is 0 Å². The summed E-state index contributed by atoms with van der Waals surface area (Å²) in [5.74, 6) is -0.590. The maximum absolute atomic E-state index is 11.9. The van der Waals surface area contributed by atoms with Gasteiger partial charge in [0.2, 0.25) is 5.88 Å². The summed E-state index contributed by atoms with van der Waals surface area (Å²) >= 11 is 0. The van der Waals surface area contributed by atoms with Gasteiger partial charge in [0.05, 0.1) is 5.56 Å². The van der Waals surface area contributed by atoms with Crippen LogP contribution in [0.5, 0.6) is 5.88 Å². The van der Waals surface area contributed by atoms with Gasteiger partial charge in [0.15, 0.2) is 0 Å². The maximum Gasteiger partial charge on any atom is 0.574 e. The summed E-state index contributed by atoms with van der Waals surface area (Å²) in [7, 11) is 0. The van der Waals surface area contributed by atoms with Gasteiger partial charge in [-0.2, -0.15) is 0 Å². The Balaban J connectivity index is 3.14. The predicted molar refractivity (Wildman–Crippen MR) is 48.0 cm³/mol. The van der Waals surface area contributed by atoms with E-state index < -0.39 is 12.2 Å². The zero-order valence-electron chi connectivity index (χ0n) is 7.93. The van der Waals surface area contributed by atoms with Gasteiger partial charge in [-0.1, -0.05) is 0 Å². The second kappa shape index (κ2) is 3.93. The van der Waals surface area contributed by atoms with Gasteiger partial charge in [0.1, 0.15) is 0 Å². The molecule has 0 aromatic carbocycles. The molecule has 0 aliphatic rings. The number of nitrogens with two attached hydrogens (primary N) is 2. The number of anilines is 1. The largest absolute Gasteiger partial charge is 0.574 e. The molecule has 0 radical (unpaired) electrons. The Hall–Kier alpha value is -1.50. The Bertz CT molecular complexity index is 365. The molecule has 0 atom stereocenters. The molecule has 0 unspecified atom stereocenters. The van der Waals surface area contributed by atoms with E-state index in [2.05, 4.69) is 9.72 Å². The molecule has 1 heterocycles. The van der Waals surface area contributed by atoms with Crippen LogP contribution in [-0.2, 0) is 6.54 Å². The molecule has 4 nitrogen and oxygen atoms in total. The van der Waals surface area contributed by atoms with Crippen molar-refractivity contribution in [3.8, 4) is 5.88 Å².